The Bertz CT molecular complexity index is 894. The first-order valence-corrected chi connectivity index (χ1v) is 9.55. The number of hydrogen-bond acceptors (Lipinski definition) is 5. The minimum Gasteiger partial charge on any atom is -0.481 e. The molecule has 29 heavy (non-hydrogen) atoms. The van der Waals surface area contributed by atoms with Crippen LogP contribution in [0.3, 0.4) is 0 Å². The van der Waals surface area contributed by atoms with E-state index in [2.05, 4.69) is 10.9 Å². The first-order chi connectivity index (χ1) is 13.9. The van der Waals surface area contributed by atoms with Crippen molar-refractivity contribution in [2.24, 2.45) is 0 Å². The van der Waals surface area contributed by atoms with E-state index >= 15 is 0 Å². The lowest BCUT2D eigenvalue weighted by Gasteiger charge is -2.23. The van der Waals surface area contributed by atoms with E-state index in [9.17, 15) is 14.4 Å². The van der Waals surface area contributed by atoms with Crippen molar-refractivity contribution in [1.29, 1.82) is 0 Å². The number of nitrogens with one attached hydrogen (secondary N) is 2. The molecular weight excluding hydrogens is 374 g/mol. The Kier molecular flexibility index (Phi) is 6.21. The molecule has 2 N–H and O–H groups in total. The highest BCUT2D eigenvalue weighted by molar-refractivity contribution is 5.96. The summed E-state index contributed by atoms with van der Waals surface area (Å²) in [5.41, 5.74) is 6.80. The first kappa shape index (κ1) is 20.4. The van der Waals surface area contributed by atoms with Crippen LogP contribution in [0.15, 0.2) is 41.0 Å². The number of amides is 3. The molecule has 154 valence electrons. The van der Waals surface area contributed by atoms with Crippen molar-refractivity contribution >= 4 is 17.7 Å². The summed E-state index contributed by atoms with van der Waals surface area (Å²) in [5, 5.41) is 0. The van der Waals surface area contributed by atoms with Crippen molar-refractivity contribution in [3.63, 3.8) is 0 Å². The molecule has 2 unspecified atom stereocenters. The third-order valence-electron chi connectivity index (χ3n) is 5.09. The molecular formula is C21H25N3O5. The zero-order valence-electron chi connectivity index (χ0n) is 16.7. The normalized spacial score (nSPS) is 16.9. The second kappa shape index (κ2) is 8.81. The second-order valence-electron chi connectivity index (χ2n) is 7.07. The molecule has 1 aliphatic heterocycles. The number of ether oxygens (including phenoxy) is 1. The van der Waals surface area contributed by atoms with Gasteiger partial charge < -0.3 is 14.1 Å². The Morgan fingerprint density at radius 3 is 2.69 bits per heavy atom. The topological polar surface area (TPSA) is 101 Å². The van der Waals surface area contributed by atoms with Crippen molar-refractivity contribution in [3.8, 4) is 5.75 Å². The summed E-state index contributed by atoms with van der Waals surface area (Å²) in [7, 11) is 0. The molecule has 1 aliphatic rings. The van der Waals surface area contributed by atoms with Gasteiger partial charge in [-0.1, -0.05) is 12.1 Å². The number of carbonyl (C=O) groups excluding carboxylic acids is 3. The van der Waals surface area contributed by atoms with Crippen molar-refractivity contribution < 1.29 is 23.5 Å². The van der Waals surface area contributed by atoms with Crippen molar-refractivity contribution in [2.75, 3.05) is 6.54 Å². The van der Waals surface area contributed by atoms with E-state index in [-0.39, 0.29) is 11.7 Å². The maximum absolute atomic E-state index is 12.5. The molecule has 1 saturated heterocycles. The summed E-state index contributed by atoms with van der Waals surface area (Å²) < 4.78 is 10.8. The maximum Gasteiger partial charge on any atom is 0.290 e. The predicted molar refractivity (Wildman–Crippen MR) is 105 cm³/mol. The molecule has 8 nitrogen and oxygen atoms in total. The molecule has 0 spiro atoms. The van der Waals surface area contributed by atoms with Crippen LogP contribution in [0.25, 0.3) is 0 Å². The van der Waals surface area contributed by atoms with E-state index in [4.69, 9.17) is 9.15 Å². The third kappa shape index (κ3) is 4.59. The zero-order chi connectivity index (χ0) is 21.0. The van der Waals surface area contributed by atoms with Crippen molar-refractivity contribution in [1.82, 2.24) is 15.8 Å². The number of likely N-dealkylation sites (tertiary alicyclic amines) is 1. The van der Waals surface area contributed by atoms with Gasteiger partial charge in [0.05, 0.1) is 6.26 Å². The number of aryl methyl sites for hydroxylation is 1. The molecule has 1 aromatic heterocycles. The standard InChI is InChI=1S/C21H25N3O5/c1-13-7-4-9-17(14(13)2)29-15(3)19(25)22-23-20(26)16-8-5-11-24(16)21(27)18-10-6-12-28-18/h4,6-7,9-10,12,15-16H,5,8,11H2,1-3H3,(H,22,25)(H,23,26). The molecule has 3 rings (SSSR count). The van der Waals surface area contributed by atoms with Crippen LogP contribution in [-0.4, -0.2) is 41.3 Å². The molecule has 0 saturated carbocycles. The summed E-state index contributed by atoms with van der Waals surface area (Å²) in [6.07, 6.45) is 1.82. The Labute approximate surface area is 169 Å². The highest BCUT2D eigenvalue weighted by Crippen LogP contribution is 2.22. The van der Waals surface area contributed by atoms with Gasteiger partial charge in [-0.05, 0) is 62.9 Å². The monoisotopic (exact) mass is 399 g/mol. The van der Waals surface area contributed by atoms with Crippen LogP contribution >= 0.6 is 0 Å². The van der Waals surface area contributed by atoms with Gasteiger partial charge in [0.15, 0.2) is 11.9 Å². The highest BCUT2D eigenvalue weighted by Gasteiger charge is 2.35. The lowest BCUT2D eigenvalue weighted by molar-refractivity contribution is -0.134. The third-order valence-corrected chi connectivity index (χ3v) is 5.09. The summed E-state index contributed by atoms with van der Waals surface area (Å²) >= 11 is 0. The fourth-order valence-electron chi connectivity index (χ4n) is 3.23. The van der Waals surface area contributed by atoms with Crippen LogP contribution in [0.1, 0.15) is 41.4 Å². The van der Waals surface area contributed by atoms with E-state index in [1.165, 1.54) is 11.2 Å². The van der Waals surface area contributed by atoms with E-state index < -0.39 is 24.0 Å². The SMILES string of the molecule is Cc1cccc(OC(C)C(=O)NNC(=O)C2CCCN2C(=O)c2ccco2)c1C. The minimum absolute atomic E-state index is 0.185. The number of furan rings is 1. The fraction of sp³-hybridized carbons (Fsp3) is 0.381. The fourth-order valence-corrected chi connectivity index (χ4v) is 3.23. The molecule has 8 heteroatoms. The maximum atomic E-state index is 12.5. The molecule has 0 bridgehead atoms. The van der Waals surface area contributed by atoms with Crippen LogP contribution in [0.5, 0.6) is 5.75 Å². The van der Waals surface area contributed by atoms with Gasteiger partial charge in [-0.25, -0.2) is 0 Å². The van der Waals surface area contributed by atoms with Crippen LogP contribution in [0.4, 0.5) is 0 Å². The number of carbonyl (C=O) groups is 3. The average Bonchev–Trinajstić information content (AvgIpc) is 3.40. The lowest BCUT2D eigenvalue weighted by Crippen LogP contribution is -2.53. The van der Waals surface area contributed by atoms with Gasteiger partial charge in [0.2, 0.25) is 0 Å². The van der Waals surface area contributed by atoms with Gasteiger partial charge in [0.1, 0.15) is 11.8 Å². The number of nitrogens with zero attached hydrogens (tertiary/aromatic N) is 1. The van der Waals surface area contributed by atoms with Crippen LogP contribution in [0, 0.1) is 13.8 Å². The van der Waals surface area contributed by atoms with Gasteiger partial charge in [-0.15, -0.1) is 0 Å². The smallest absolute Gasteiger partial charge is 0.290 e. The molecule has 3 amide bonds. The Balaban J connectivity index is 1.54. The van der Waals surface area contributed by atoms with E-state index in [0.717, 1.165) is 11.1 Å². The first-order valence-electron chi connectivity index (χ1n) is 9.55. The molecule has 1 aromatic carbocycles. The van der Waals surface area contributed by atoms with Crippen LogP contribution in [0.2, 0.25) is 0 Å². The molecule has 2 aromatic rings. The molecule has 0 radical (unpaired) electrons. The zero-order valence-corrected chi connectivity index (χ0v) is 16.7. The van der Waals surface area contributed by atoms with Gasteiger partial charge in [-0.2, -0.15) is 0 Å². The molecule has 2 heterocycles. The molecule has 1 fully saturated rings. The predicted octanol–water partition coefficient (Wildman–Crippen LogP) is 2.12. The Hall–Kier alpha value is -3.29. The Morgan fingerprint density at radius 1 is 1.17 bits per heavy atom. The van der Waals surface area contributed by atoms with E-state index in [1.807, 2.05) is 26.0 Å². The number of rotatable bonds is 5. The minimum atomic E-state index is -0.805. The summed E-state index contributed by atoms with van der Waals surface area (Å²) in [5.74, 6) is -0.476. The van der Waals surface area contributed by atoms with Crippen LogP contribution in [-0.2, 0) is 9.59 Å². The van der Waals surface area contributed by atoms with E-state index in [1.54, 1.807) is 25.1 Å². The summed E-state index contributed by atoms with van der Waals surface area (Å²) in [6.45, 7) is 5.94. The lowest BCUT2D eigenvalue weighted by atomic mass is 10.1. The van der Waals surface area contributed by atoms with Gasteiger partial charge >= 0.3 is 0 Å². The second-order valence-corrected chi connectivity index (χ2v) is 7.07. The van der Waals surface area contributed by atoms with Crippen LogP contribution < -0.4 is 15.6 Å². The number of hydrazine groups is 1. The molecule has 2 atom stereocenters. The molecule has 0 aliphatic carbocycles. The number of benzene rings is 1. The quantitative estimate of drug-likeness (QED) is 0.750. The van der Waals surface area contributed by atoms with Crippen molar-refractivity contribution in [3.05, 3.63) is 53.5 Å². The summed E-state index contributed by atoms with van der Waals surface area (Å²) in [6, 6.07) is 8.13. The largest absolute Gasteiger partial charge is 0.481 e. The van der Waals surface area contributed by atoms with E-state index in [0.29, 0.717) is 25.1 Å². The van der Waals surface area contributed by atoms with Gasteiger partial charge in [0, 0.05) is 6.54 Å². The van der Waals surface area contributed by atoms with Gasteiger partial charge in [0.25, 0.3) is 17.7 Å². The van der Waals surface area contributed by atoms with Crippen molar-refractivity contribution in [2.45, 2.75) is 45.8 Å². The Morgan fingerprint density at radius 2 is 1.97 bits per heavy atom. The average molecular weight is 399 g/mol. The number of hydrogen-bond donors (Lipinski definition) is 2. The highest BCUT2D eigenvalue weighted by atomic mass is 16.5. The summed E-state index contributed by atoms with van der Waals surface area (Å²) in [4.78, 5) is 38.8. The van der Waals surface area contributed by atoms with Gasteiger partial charge in [-0.3, -0.25) is 25.2 Å².